The van der Waals surface area contributed by atoms with E-state index in [-0.39, 0.29) is 5.75 Å². The molecular weight excluding hydrogens is 350 g/mol. The van der Waals surface area contributed by atoms with E-state index in [0.29, 0.717) is 27.2 Å². The van der Waals surface area contributed by atoms with Crippen molar-refractivity contribution >= 4 is 27.4 Å². The summed E-state index contributed by atoms with van der Waals surface area (Å²) in [6.07, 6.45) is 0. The molecule has 2 heterocycles. The molecule has 0 saturated heterocycles. The van der Waals surface area contributed by atoms with Gasteiger partial charge >= 0.3 is 0 Å². The predicted molar refractivity (Wildman–Crippen MR) is 99.7 cm³/mol. The molecule has 0 bridgehead atoms. The number of hydrogen-bond donors (Lipinski definition) is 1. The van der Waals surface area contributed by atoms with Crippen molar-refractivity contribution in [2.24, 2.45) is 4.99 Å². The van der Waals surface area contributed by atoms with Crippen LogP contribution in [0.25, 0.3) is 22.3 Å². The smallest absolute Gasteiger partial charge is 0.232 e. The summed E-state index contributed by atoms with van der Waals surface area (Å²) in [5.74, 6) is 1.58. The van der Waals surface area contributed by atoms with Crippen molar-refractivity contribution in [2.45, 2.75) is 6.92 Å². The first-order valence-corrected chi connectivity index (χ1v) is 8.70. The first-order valence-electron chi connectivity index (χ1n) is 7.88. The molecule has 1 N–H and O–H groups in total. The van der Waals surface area contributed by atoms with E-state index in [1.54, 1.807) is 25.3 Å². The monoisotopic (exact) mass is 365 g/mol. The van der Waals surface area contributed by atoms with Gasteiger partial charge in [0, 0.05) is 17.0 Å². The largest absolute Gasteiger partial charge is 0.508 e. The van der Waals surface area contributed by atoms with Crippen LogP contribution in [-0.4, -0.2) is 22.4 Å². The van der Waals surface area contributed by atoms with Crippen LogP contribution in [0.2, 0.25) is 0 Å². The van der Waals surface area contributed by atoms with Gasteiger partial charge in [0.05, 0.1) is 12.5 Å². The third-order valence-electron chi connectivity index (χ3n) is 3.83. The molecule has 0 radical (unpaired) electrons. The number of ether oxygens (including phenoxy) is 1. The summed E-state index contributed by atoms with van der Waals surface area (Å²) in [5.41, 5.74) is 1.52. The zero-order valence-corrected chi connectivity index (χ0v) is 14.9. The van der Waals surface area contributed by atoms with Gasteiger partial charge in [-0.2, -0.15) is 0 Å². The molecule has 6 nitrogen and oxygen atoms in total. The van der Waals surface area contributed by atoms with E-state index in [9.17, 15) is 5.11 Å². The van der Waals surface area contributed by atoms with Crippen LogP contribution in [0.5, 0.6) is 11.5 Å². The Hall–Kier alpha value is -3.19. The van der Waals surface area contributed by atoms with Crippen LogP contribution >= 0.6 is 11.3 Å². The van der Waals surface area contributed by atoms with Crippen molar-refractivity contribution in [3.05, 3.63) is 58.9 Å². The highest BCUT2D eigenvalue weighted by Gasteiger charge is 2.08. The topological polar surface area (TPSA) is 80.7 Å². The number of fused-ring (bicyclic) bond motifs is 1. The molecule has 0 unspecified atom stereocenters. The number of rotatable bonds is 3. The van der Waals surface area contributed by atoms with Gasteiger partial charge in [-0.15, -0.1) is 10.2 Å². The van der Waals surface area contributed by atoms with Gasteiger partial charge in [0.1, 0.15) is 27.8 Å². The molecule has 0 saturated carbocycles. The summed E-state index contributed by atoms with van der Waals surface area (Å²) in [6.45, 7) is 1.88. The second kappa shape index (κ2) is 6.61. The lowest BCUT2D eigenvalue weighted by molar-refractivity contribution is 0.415. The lowest BCUT2D eigenvalue weighted by atomic mass is 10.1. The van der Waals surface area contributed by atoms with Gasteiger partial charge in [-0.1, -0.05) is 11.3 Å². The Morgan fingerprint density at radius 1 is 1.08 bits per heavy atom. The van der Waals surface area contributed by atoms with Crippen LogP contribution in [-0.2, 0) is 0 Å². The van der Waals surface area contributed by atoms with E-state index in [0.717, 1.165) is 16.3 Å². The molecule has 0 aliphatic heterocycles. The Morgan fingerprint density at radius 3 is 2.58 bits per heavy atom. The van der Waals surface area contributed by atoms with E-state index in [1.807, 2.05) is 37.3 Å². The Balaban J connectivity index is 1.95. The normalized spacial score (nSPS) is 11.8. The van der Waals surface area contributed by atoms with Crippen LogP contribution in [0.1, 0.15) is 5.01 Å². The zero-order chi connectivity index (χ0) is 18.1. The van der Waals surface area contributed by atoms with Crippen molar-refractivity contribution in [3.63, 3.8) is 0 Å². The molecule has 0 fully saturated rings. The van der Waals surface area contributed by atoms with Gasteiger partial charge in [0.15, 0.2) is 0 Å². The van der Waals surface area contributed by atoms with Gasteiger partial charge in [-0.3, -0.25) is 0 Å². The minimum absolute atomic E-state index is 0.148. The Bertz CT molecular complexity index is 1150. The number of phenols is 1. The third kappa shape index (κ3) is 3.16. The first kappa shape index (κ1) is 16.3. The lowest BCUT2D eigenvalue weighted by Crippen LogP contribution is -2.03. The SMILES string of the molecule is COc1ccc(-c2cc(=Nc3nnc(C)s3)c3cc(O)ccc3o2)cc1. The molecule has 4 aromatic rings. The highest BCUT2D eigenvalue weighted by atomic mass is 32.1. The summed E-state index contributed by atoms with van der Waals surface area (Å²) in [4.78, 5) is 4.60. The van der Waals surface area contributed by atoms with E-state index < -0.39 is 0 Å². The number of aromatic hydroxyl groups is 1. The first-order chi connectivity index (χ1) is 12.6. The van der Waals surface area contributed by atoms with E-state index in [2.05, 4.69) is 15.2 Å². The molecule has 4 rings (SSSR count). The number of nitrogens with zero attached hydrogens (tertiary/aromatic N) is 3. The highest BCUT2D eigenvalue weighted by Crippen LogP contribution is 2.26. The third-order valence-corrected chi connectivity index (χ3v) is 4.57. The zero-order valence-electron chi connectivity index (χ0n) is 14.1. The second-order valence-corrected chi connectivity index (χ2v) is 6.78. The van der Waals surface area contributed by atoms with Crippen molar-refractivity contribution < 1.29 is 14.3 Å². The average Bonchev–Trinajstić information content (AvgIpc) is 3.07. The average molecular weight is 365 g/mol. The van der Waals surface area contributed by atoms with Gasteiger partial charge < -0.3 is 14.3 Å². The van der Waals surface area contributed by atoms with Crippen LogP contribution in [0, 0.1) is 6.92 Å². The summed E-state index contributed by atoms with van der Waals surface area (Å²) in [7, 11) is 1.63. The molecule has 0 aliphatic rings. The maximum atomic E-state index is 9.85. The quantitative estimate of drug-likeness (QED) is 0.588. The molecule has 130 valence electrons. The number of aryl methyl sites for hydroxylation is 1. The molecule has 0 aliphatic carbocycles. The van der Waals surface area contributed by atoms with Crippen LogP contribution < -0.4 is 10.1 Å². The predicted octanol–water partition coefficient (Wildman–Crippen LogP) is 4.21. The fraction of sp³-hybridized carbons (Fsp3) is 0.105. The van der Waals surface area contributed by atoms with Gasteiger partial charge in [0.2, 0.25) is 5.13 Å². The number of hydrogen-bond acceptors (Lipinski definition) is 7. The number of benzene rings is 2. The lowest BCUT2D eigenvalue weighted by Gasteiger charge is -2.06. The van der Waals surface area contributed by atoms with E-state index in [4.69, 9.17) is 9.15 Å². The number of methoxy groups -OCH3 is 1. The summed E-state index contributed by atoms with van der Waals surface area (Å²) in [5, 5.41) is 20.7. The van der Waals surface area contributed by atoms with Crippen LogP contribution in [0.3, 0.4) is 0 Å². The second-order valence-electron chi connectivity index (χ2n) is 5.62. The van der Waals surface area contributed by atoms with Crippen LogP contribution in [0.4, 0.5) is 5.13 Å². The molecular formula is C19H15N3O3S. The standard InChI is InChI=1S/C19H15N3O3S/c1-11-21-22-19(26-11)20-16-10-18(12-3-6-14(24-2)7-4-12)25-17-8-5-13(23)9-15(16)17/h3-10,23H,1-2H3. The Morgan fingerprint density at radius 2 is 1.88 bits per heavy atom. The maximum Gasteiger partial charge on any atom is 0.232 e. The summed E-state index contributed by atoms with van der Waals surface area (Å²) in [6, 6.07) is 14.4. The summed E-state index contributed by atoms with van der Waals surface area (Å²) < 4.78 is 11.2. The molecule has 2 aromatic carbocycles. The fourth-order valence-electron chi connectivity index (χ4n) is 2.58. The van der Waals surface area contributed by atoms with Gasteiger partial charge in [-0.25, -0.2) is 4.99 Å². The summed E-state index contributed by atoms with van der Waals surface area (Å²) >= 11 is 1.40. The van der Waals surface area contributed by atoms with Crippen LogP contribution in [0.15, 0.2) is 57.9 Å². The molecule has 26 heavy (non-hydrogen) atoms. The van der Waals surface area contributed by atoms with Crippen molar-refractivity contribution in [3.8, 4) is 22.8 Å². The van der Waals surface area contributed by atoms with Crippen molar-refractivity contribution in [1.82, 2.24) is 10.2 Å². The molecule has 0 amide bonds. The minimum atomic E-state index is 0.148. The fourth-order valence-corrected chi connectivity index (χ4v) is 3.15. The Labute approximate surface area is 153 Å². The molecule has 0 atom stereocenters. The van der Waals surface area contributed by atoms with Gasteiger partial charge in [-0.05, 0) is 49.4 Å². The van der Waals surface area contributed by atoms with E-state index in [1.165, 1.54) is 11.3 Å². The Kier molecular flexibility index (Phi) is 4.14. The molecule has 0 spiro atoms. The van der Waals surface area contributed by atoms with Gasteiger partial charge in [0.25, 0.3) is 0 Å². The molecule has 7 heteroatoms. The maximum absolute atomic E-state index is 9.85. The number of phenolic OH excluding ortho intramolecular Hbond substituents is 1. The molecule has 2 aromatic heterocycles. The minimum Gasteiger partial charge on any atom is -0.508 e. The van der Waals surface area contributed by atoms with Crippen molar-refractivity contribution in [1.29, 1.82) is 0 Å². The number of aromatic nitrogens is 2. The van der Waals surface area contributed by atoms with E-state index >= 15 is 0 Å². The van der Waals surface area contributed by atoms with Crippen molar-refractivity contribution in [2.75, 3.05) is 7.11 Å². The highest BCUT2D eigenvalue weighted by molar-refractivity contribution is 7.14.